The summed E-state index contributed by atoms with van der Waals surface area (Å²) in [4.78, 5) is 11.8. The molecule has 0 atom stereocenters. The average Bonchev–Trinajstić information content (AvgIpc) is 2.43. The fraction of sp³-hybridized carbons (Fsp3) is 0.500. The number of rotatable bonds is 3. The van der Waals surface area contributed by atoms with Gasteiger partial charge < -0.3 is 11.1 Å². The first-order valence-electron chi connectivity index (χ1n) is 6.63. The summed E-state index contributed by atoms with van der Waals surface area (Å²) >= 11 is 0. The molecule has 1 aromatic carbocycles. The van der Waals surface area contributed by atoms with Crippen molar-refractivity contribution in [3.8, 4) is 0 Å². The minimum Gasteiger partial charge on any atom is -0.350 e. The number of hydrogen-bond donors (Lipinski definition) is 2. The second kappa shape index (κ2) is 7.13. The fourth-order valence-electron chi connectivity index (χ4n) is 2.49. The van der Waals surface area contributed by atoms with Gasteiger partial charge in [-0.3, -0.25) is 4.79 Å². The van der Waals surface area contributed by atoms with E-state index in [9.17, 15) is 18.0 Å². The maximum atomic E-state index is 13.5. The van der Waals surface area contributed by atoms with Gasteiger partial charge in [0, 0.05) is 12.1 Å². The molecular formula is C14H18ClF3N2O. The van der Waals surface area contributed by atoms with Gasteiger partial charge in [-0.15, -0.1) is 12.4 Å². The Morgan fingerprint density at radius 2 is 1.76 bits per heavy atom. The van der Waals surface area contributed by atoms with Crippen LogP contribution in [0.4, 0.5) is 13.2 Å². The summed E-state index contributed by atoms with van der Waals surface area (Å²) in [5, 5.41) is 2.50. The Kier molecular flexibility index (Phi) is 6.04. The first-order chi connectivity index (χ1) is 9.43. The largest absolute Gasteiger partial charge is 0.350 e. The molecule has 21 heavy (non-hydrogen) atoms. The van der Waals surface area contributed by atoms with E-state index in [2.05, 4.69) is 5.32 Å². The van der Waals surface area contributed by atoms with Crippen LogP contribution in [0.3, 0.4) is 0 Å². The Hall–Kier alpha value is -1.27. The van der Waals surface area contributed by atoms with E-state index in [1.165, 1.54) is 0 Å². The lowest BCUT2D eigenvalue weighted by Crippen LogP contribution is -2.51. The van der Waals surface area contributed by atoms with Crippen LogP contribution in [0, 0.1) is 17.5 Å². The van der Waals surface area contributed by atoms with Gasteiger partial charge in [-0.1, -0.05) is 19.3 Å². The summed E-state index contributed by atoms with van der Waals surface area (Å²) in [7, 11) is 0. The predicted octanol–water partition coefficient (Wildman–Crippen LogP) is 2.92. The van der Waals surface area contributed by atoms with E-state index in [0.29, 0.717) is 0 Å². The van der Waals surface area contributed by atoms with E-state index in [1.807, 2.05) is 0 Å². The molecule has 3 N–H and O–H groups in total. The van der Waals surface area contributed by atoms with Crippen LogP contribution in [0.15, 0.2) is 12.1 Å². The van der Waals surface area contributed by atoms with Crippen molar-refractivity contribution in [1.29, 1.82) is 0 Å². The van der Waals surface area contributed by atoms with Gasteiger partial charge in [0.25, 0.3) is 5.91 Å². The zero-order valence-corrected chi connectivity index (χ0v) is 12.2. The van der Waals surface area contributed by atoms with Crippen LogP contribution < -0.4 is 11.1 Å². The lowest BCUT2D eigenvalue weighted by Gasteiger charge is -2.33. The van der Waals surface area contributed by atoms with E-state index in [1.54, 1.807) is 0 Å². The molecule has 1 amide bonds. The molecule has 0 saturated heterocycles. The lowest BCUT2D eigenvalue weighted by atomic mass is 9.82. The second-order valence-corrected chi connectivity index (χ2v) is 5.33. The molecule has 0 aromatic heterocycles. The first kappa shape index (κ1) is 17.8. The van der Waals surface area contributed by atoms with Gasteiger partial charge in [-0.05, 0) is 25.0 Å². The van der Waals surface area contributed by atoms with Gasteiger partial charge in [0.1, 0.15) is 0 Å². The van der Waals surface area contributed by atoms with Gasteiger partial charge in [0.05, 0.1) is 5.56 Å². The maximum Gasteiger partial charge on any atom is 0.254 e. The van der Waals surface area contributed by atoms with Crippen LogP contribution in [0.2, 0.25) is 0 Å². The predicted molar refractivity (Wildman–Crippen MR) is 75.9 cm³/mol. The van der Waals surface area contributed by atoms with Crippen LogP contribution >= 0.6 is 12.4 Å². The molecule has 0 unspecified atom stereocenters. The van der Waals surface area contributed by atoms with Crippen molar-refractivity contribution < 1.29 is 18.0 Å². The normalized spacial score (nSPS) is 17.0. The standard InChI is InChI=1S/C14H17F3N2O.ClH/c15-10-5-4-9(11(16)12(10)17)13(20)19-8-14(18)6-2-1-3-7-14;/h4-5H,1-3,6-8,18H2,(H,19,20);1H. The molecule has 2 rings (SSSR count). The number of carbonyl (C=O) groups excluding carboxylic acids is 1. The van der Waals surface area contributed by atoms with Gasteiger partial charge in [-0.25, -0.2) is 13.2 Å². The Morgan fingerprint density at radius 1 is 1.14 bits per heavy atom. The quantitative estimate of drug-likeness (QED) is 0.841. The Bertz CT molecular complexity index is 519. The third-order valence-electron chi connectivity index (χ3n) is 3.73. The third kappa shape index (κ3) is 4.11. The van der Waals surface area contributed by atoms with Gasteiger partial charge >= 0.3 is 0 Å². The number of halogens is 4. The fourth-order valence-corrected chi connectivity index (χ4v) is 2.49. The number of nitrogens with one attached hydrogen (secondary N) is 1. The van der Waals surface area contributed by atoms with Gasteiger partial charge in [-0.2, -0.15) is 0 Å². The Morgan fingerprint density at radius 3 is 2.38 bits per heavy atom. The summed E-state index contributed by atoms with van der Waals surface area (Å²) in [6, 6.07) is 1.65. The Balaban J connectivity index is 0.00000220. The molecule has 0 aliphatic heterocycles. The van der Waals surface area contributed by atoms with Crippen LogP contribution in [0.25, 0.3) is 0 Å². The van der Waals surface area contributed by atoms with E-state index >= 15 is 0 Å². The summed E-state index contributed by atoms with van der Waals surface area (Å²) < 4.78 is 39.3. The van der Waals surface area contributed by atoms with Gasteiger partial charge in [0.15, 0.2) is 17.5 Å². The van der Waals surface area contributed by atoms with Crippen molar-refractivity contribution in [3.05, 3.63) is 35.1 Å². The summed E-state index contributed by atoms with van der Waals surface area (Å²) in [5.74, 6) is -5.21. The molecule has 0 spiro atoms. The average molecular weight is 323 g/mol. The van der Waals surface area contributed by atoms with E-state index in [0.717, 1.165) is 44.2 Å². The molecule has 0 bridgehead atoms. The summed E-state index contributed by atoms with van der Waals surface area (Å²) in [6.45, 7) is 0.199. The highest BCUT2D eigenvalue weighted by Crippen LogP contribution is 2.25. The van der Waals surface area contributed by atoms with Crippen LogP contribution in [0.1, 0.15) is 42.5 Å². The number of benzene rings is 1. The molecule has 1 aliphatic carbocycles. The summed E-state index contributed by atoms with van der Waals surface area (Å²) in [5.41, 5.74) is 5.13. The second-order valence-electron chi connectivity index (χ2n) is 5.33. The van der Waals surface area contributed by atoms with Crippen molar-refractivity contribution in [3.63, 3.8) is 0 Å². The van der Waals surface area contributed by atoms with Crippen LogP contribution in [-0.4, -0.2) is 18.0 Å². The van der Waals surface area contributed by atoms with Crippen molar-refractivity contribution in [1.82, 2.24) is 5.32 Å². The topological polar surface area (TPSA) is 55.1 Å². The summed E-state index contributed by atoms with van der Waals surface area (Å²) in [6.07, 6.45) is 4.67. The smallest absolute Gasteiger partial charge is 0.254 e. The van der Waals surface area contributed by atoms with E-state index in [-0.39, 0.29) is 19.0 Å². The number of amides is 1. The van der Waals surface area contributed by atoms with Gasteiger partial charge in [0.2, 0.25) is 0 Å². The lowest BCUT2D eigenvalue weighted by molar-refractivity contribution is 0.0932. The van der Waals surface area contributed by atoms with Crippen molar-refractivity contribution >= 4 is 18.3 Å². The zero-order valence-electron chi connectivity index (χ0n) is 11.4. The molecule has 7 heteroatoms. The molecule has 1 fully saturated rings. The molecule has 118 valence electrons. The van der Waals surface area contributed by atoms with Crippen molar-refractivity contribution in [2.45, 2.75) is 37.6 Å². The van der Waals surface area contributed by atoms with E-state index in [4.69, 9.17) is 5.73 Å². The van der Waals surface area contributed by atoms with Crippen LogP contribution in [0.5, 0.6) is 0 Å². The minimum absolute atomic E-state index is 0. The highest BCUT2D eigenvalue weighted by molar-refractivity contribution is 5.94. The Labute approximate surface area is 127 Å². The zero-order chi connectivity index (χ0) is 14.8. The SMILES string of the molecule is Cl.NC1(CNC(=O)c2ccc(F)c(F)c2F)CCCCC1. The minimum atomic E-state index is -1.64. The number of hydrogen-bond acceptors (Lipinski definition) is 2. The molecule has 3 nitrogen and oxygen atoms in total. The molecule has 0 radical (unpaired) electrons. The highest BCUT2D eigenvalue weighted by atomic mass is 35.5. The molecule has 0 heterocycles. The van der Waals surface area contributed by atoms with Crippen molar-refractivity contribution in [2.75, 3.05) is 6.54 Å². The van der Waals surface area contributed by atoms with E-state index < -0.39 is 34.5 Å². The third-order valence-corrected chi connectivity index (χ3v) is 3.73. The molecule has 1 aliphatic rings. The monoisotopic (exact) mass is 322 g/mol. The first-order valence-corrected chi connectivity index (χ1v) is 6.63. The maximum absolute atomic E-state index is 13.5. The van der Waals surface area contributed by atoms with Crippen LogP contribution in [-0.2, 0) is 0 Å². The number of nitrogens with two attached hydrogens (primary N) is 1. The molecular weight excluding hydrogens is 305 g/mol. The number of carbonyl (C=O) groups is 1. The molecule has 1 aromatic rings. The molecule has 1 saturated carbocycles. The highest BCUT2D eigenvalue weighted by Gasteiger charge is 2.28. The van der Waals surface area contributed by atoms with Crippen molar-refractivity contribution in [2.24, 2.45) is 5.73 Å².